The third-order valence-electron chi connectivity index (χ3n) is 5.83. The molecule has 0 aliphatic heterocycles. The number of carboxylic acid groups (broad SMARTS) is 1. The molecule has 10 heteroatoms. The van der Waals surface area contributed by atoms with Crippen LogP contribution in [0.1, 0.15) is 63.9 Å². The quantitative estimate of drug-likeness (QED) is 0.314. The van der Waals surface area contributed by atoms with Gasteiger partial charge < -0.3 is 24.2 Å². The second-order valence-corrected chi connectivity index (χ2v) is 8.68. The van der Waals surface area contributed by atoms with Gasteiger partial charge in [-0.3, -0.25) is 0 Å². The maximum absolute atomic E-state index is 12.6. The van der Waals surface area contributed by atoms with E-state index in [0.717, 1.165) is 31.2 Å². The molecule has 0 heterocycles. The van der Waals surface area contributed by atoms with Crippen molar-refractivity contribution in [3.8, 4) is 5.75 Å². The van der Waals surface area contributed by atoms with E-state index in [-0.39, 0.29) is 32.1 Å². The normalized spacial score (nSPS) is 15.1. The number of aliphatic carboxylic acids is 1. The third-order valence-corrected chi connectivity index (χ3v) is 5.83. The molecule has 1 atom stereocenters. The van der Waals surface area contributed by atoms with Gasteiger partial charge in [0.25, 0.3) is 0 Å². The molecule has 7 nitrogen and oxygen atoms in total. The van der Waals surface area contributed by atoms with Crippen LogP contribution in [0.15, 0.2) is 24.3 Å². The van der Waals surface area contributed by atoms with Gasteiger partial charge in [0.1, 0.15) is 18.5 Å². The summed E-state index contributed by atoms with van der Waals surface area (Å²) in [5.74, 6) is -0.457. The van der Waals surface area contributed by atoms with Gasteiger partial charge >= 0.3 is 18.2 Å². The van der Waals surface area contributed by atoms with E-state index in [1.807, 2.05) is 0 Å². The van der Waals surface area contributed by atoms with Crippen LogP contribution in [-0.4, -0.2) is 66.8 Å². The largest absolute Gasteiger partial charge is 0.492 e. The van der Waals surface area contributed by atoms with Crippen LogP contribution in [0.4, 0.5) is 18.0 Å². The monoisotopic (exact) mass is 503 g/mol. The molecule has 0 aromatic heterocycles. The number of amides is 1. The van der Waals surface area contributed by atoms with Crippen molar-refractivity contribution in [2.24, 2.45) is 0 Å². The van der Waals surface area contributed by atoms with Crippen molar-refractivity contribution in [3.63, 3.8) is 0 Å². The highest BCUT2D eigenvalue weighted by molar-refractivity contribution is 5.72. The summed E-state index contributed by atoms with van der Waals surface area (Å²) in [6.45, 7) is 2.79. The fraction of sp³-hybridized carbons (Fsp3) is 0.680. The molecule has 1 fully saturated rings. The molecule has 1 aliphatic carbocycles. The number of unbranched alkanes of at least 4 members (excludes halogenated alkanes) is 2. The van der Waals surface area contributed by atoms with E-state index in [4.69, 9.17) is 14.2 Å². The summed E-state index contributed by atoms with van der Waals surface area (Å²) >= 11 is 0. The minimum absolute atomic E-state index is 0.0316. The van der Waals surface area contributed by atoms with Crippen LogP contribution in [0.5, 0.6) is 5.75 Å². The predicted octanol–water partition coefficient (Wildman–Crippen LogP) is 5.60. The first-order valence-corrected chi connectivity index (χ1v) is 12.3. The Balaban J connectivity index is 1.83. The maximum Gasteiger partial charge on any atom is 0.410 e. The number of carbonyl (C=O) groups is 2. The van der Waals surface area contributed by atoms with E-state index in [0.29, 0.717) is 31.7 Å². The summed E-state index contributed by atoms with van der Waals surface area (Å²) < 4.78 is 53.6. The van der Waals surface area contributed by atoms with Gasteiger partial charge in [0.05, 0.1) is 6.54 Å². The number of hydrogen-bond acceptors (Lipinski definition) is 5. The molecule has 1 aromatic carbocycles. The van der Waals surface area contributed by atoms with Crippen molar-refractivity contribution >= 4 is 12.1 Å². The van der Waals surface area contributed by atoms with Crippen LogP contribution in [0.3, 0.4) is 0 Å². The molecule has 1 saturated carbocycles. The Labute approximate surface area is 204 Å². The van der Waals surface area contributed by atoms with Crippen LogP contribution in [0, 0.1) is 0 Å². The molecule has 1 N–H and O–H groups in total. The number of carboxylic acids is 1. The highest BCUT2D eigenvalue weighted by Gasteiger charge is 2.26. The van der Waals surface area contributed by atoms with E-state index < -0.39 is 30.8 Å². The minimum Gasteiger partial charge on any atom is -0.492 e. The summed E-state index contributed by atoms with van der Waals surface area (Å²) in [6, 6.07) is 6.96. The number of benzene rings is 1. The summed E-state index contributed by atoms with van der Waals surface area (Å²) in [4.78, 5) is 25.4. The van der Waals surface area contributed by atoms with E-state index in [1.54, 1.807) is 31.2 Å². The zero-order valence-corrected chi connectivity index (χ0v) is 20.2. The summed E-state index contributed by atoms with van der Waals surface area (Å²) in [7, 11) is 0. The number of hydrogen-bond donors (Lipinski definition) is 1. The number of rotatable bonds is 15. The average Bonchev–Trinajstić information content (AvgIpc) is 3.30. The van der Waals surface area contributed by atoms with Crippen LogP contribution in [-0.2, 0) is 20.7 Å². The standard InChI is InChI=1S/C25H36F3NO6/c1-2-33-22(23(30)31)18-19-10-12-20(13-11-19)34-17-16-29(15-7-3-6-14-25(26,27)28)24(32)35-21-8-4-5-9-21/h10-13,21-22H,2-9,14-18H2,1H3,(H,30,31). The molecule has 0 spiro atoms. The van der Waals surface area contributed by atoms with E-state index >= 15 is 0 Å². The zero-order chi connectivity index (χ0) is 25.7. The second kappa shape index (κ2) is 14.8. The highest BCUT2D eigenvalue weighted by atomic mass is 19.4. The molecule has 35 heavy (non-hydrogen) atoms. The van der Waals surface area contributed by atoms with Gasteiger partial charge in [-0.2, -0.15) is 13.2 Å². The molecule has 2 rings (SSSR count). The molecule has 1 unspecified atom stereocenters. The molecule has 1 aliphatic rings. The van der Waals surface area contributed by atoms with Gasteiger partial charge in [0.15, 0.2) is 6.10 Å². The van der Waals surface area contributed by atoms with Crippen molar-refractivity contribution in [2.75, 3.05) is 26.3 Å². The van der Waals surface area contributed by atoms with Gasteiger partial charge in [0.2, 0.25) is 0 Å². The topological polar surface area (TPSA) is 85.3 Å². The van der Waals surface area contributed by atoms with E-state index in [1.165, 1.54) is 4.90 Å². The lowest BCUT2D eigenvalue weighted by Crippen LogP contribution is -2.37. The Kier molecular flexibility index (Phi) is 12.2. The molecule has 198 valence electrons. The summed E-state index contributed by atoms with van der Waals surface area (Å²) in [5.41, 5.74) is 0.791. The Morgan fingerprint density at radius 1 is 1.09 bits per heavy atom. The highest BCUT2D eigenvalue weighted by Crippen LogP contribution is 2.24. The molecule has 1 amide bonds. The Morgan fingerprint density at radius 2 is 1.77 bits per heavy atom. The summed E-state index contributed by atoms with van der Waals surface area (Å²) in [5, 5.41) is 9.21. The smallest absolute Gasteiger partial charge is 0.410 e. The predicted molar refractivity (Wildman–Crippen MR) is 124 cm³/mol. The fourth-order valence-corrected chi connectivity index (χ4v) is 3.95. The number of carbonyl (C=O) groups excluding carboxylic acids is 1. The first-order valence-electron chi connectivity index (χ1n) is 12.3. The molecular weight excluding hydrogens is 467 g/mol. The first kappa shape index (κ1) is 28.7. The summed E-state index contributed by atoms with van der Waals surface area (Å²) in [6.07, 6.45) is -1.66. The van der Waals surface area contributed by atoms with Crippen molar-refractivity contribution < 1.29 is 42.1 Å². The maximum atomic E-state index is 12.6. The minimum atomic E-state index is -4.16. The van der Waals surface area contributed by atoms with Crippen LogP contribution in [0.25, 0.3) is 0 Å². The second-order valence-electron chi connectivity index (χ2n) is 8.68. The third kappa shape index (κ3) is 11.7. The first-order chi connectivity index (χ1) is 16.7. The number of ether oxygens (including phenoxy) is 3. The molecule has 0 saturated heterocycles. The van der Waals surface area contributed by atoms with Gasteiger partial charge in [-0.25, -0.2) is 9.59 Å². The van der Waals surface area contributed by atoms with Gasteiger partial charge in [-0.1, -0.05) is 18.6 Å². The molecule has 0 bridgehead atoms. The van der Waals surface area contributed by atoms with Gasteiger partial charge in [0, 0.05) is 26.0 Å². The van der Waals surface area contributed by atoms with Crippen molar-refractivity contribution in [2.45, 2.75) is 83.1 Å². The number of halogens is 3. The Bertz CT molecular complexity index is 765. The lowest BCUT2D eigenvalue weighted by molar-refractivity contribution is -0.150. The van der Waals surface area contributed by atoms with E-state index in [2.05, 4.69) is 0 Å². The number of nitrogens with zero attached hydrogens (tertiary/aromatic N) is 1. The average molecular weight is 504 g/mol. The van der Waals surface area contributed by atoms with Gasteiger partial charge in [-0.15, -0.1) is 0 Å². The fourth-order valence-electron chi connectivity index (χ4n) is 3.95. The Hall–Kier alpha value is -2.49. The van der Waals surface area contributed by atoms with Crippen LogP contribution < -0.4 is 4.74 Å². The molecular formula is C25H36F3NO6. The van der Waals surface area contributed by atoms with Crippen molar-refractivity contribution in [1.82, 2.24) is 4.90 Å². The van der Waals surface area contributed by atoms with Crippen molar-refractivity contribution in [3.05, 3.63) is 29.8 Å². The SMILES string of the molecule is CCOC(Cc1ccc(OCCN(CCCCCC(F)(F)F)C(=O)OC2CCCC2)cc1)C(=O)O. The van der Waals surface area contributed by atoms with Crippen LogP contribution >= 0.6 is 0 Å². The zero-order valence-electron chi connectivity index (χ0n) is 20.2. The lowest BCUT2D eigenvalue weighted by Gasteiger charge is -2.24. The number of alkyl halides is 3. The van der Waals surface area contributed by atoms with E-state index in [9.17, 15) is 27.9 Å². The molecule has 1 aromatic rings. The van der Waals surface area contributed by atoms with Crippen molar-refractivity contribution in [1.29, 1.82) is 0 Å². The lowest BCUT2D eigenvalue weighted by atomic mass is 10.1. The van der Waals surface area contributed by atoms with Crippen LogP contribution in [0.2, 0.25) is 0 Å². The Morgan fingerprint density at radius 3 is 2.37 bits per heavy atom. The molecule has 0 radical (unpaired) electrons. The van der Waals surface area contributed by atoms with Gasteiger partial charge in [-0.05, 0) is 63.1 Å².